The summed E-state index contributed by atoms with van der Waals surface area (Å²) in [7, 11) is 0. The van der Waals surface area contributed by atoms with Crippen molar-refractivity contribution in [1.82, 2.24) is 0 Å². The van der Waals surface area contributed by atoms with Crippen molar-refractivity contribution in [2.24, 2.45) is 20.5 Å². The molecule has 0 aliphatic heterocycles. The Morgan fingerprint density at radius 3 is 1.78 bits per heavy atom. The molecule has 0 saturated carbocycles. The number of rotatable bonds is 7. The molecule has 0 aromatic rings. The highest BCUT2D eigenvalue weighted by atomic mass is 16.4. The van der Waals surface area contributed by atoms with Gasteiger partial charge in [-0.15, -0.1) is 0 Å². The standard InChI is InChI=1S/C4H4N12O2/c5-13-9-2(1-3(17)18)4(10-14-6,11-15-7)12-16-8/h2H,1H2,(H,17,18). The van der Waals surface area contributed by atoms with Gasteiger partial charge in [-0.2, -0.15) is 0 Å². The Kier molecular flexibility index (Phi) is 5.77. The van der Waals surface area contributed by atoms with E-state index in [1.165, 1.54) is 0 Å². The first-order valence-electron chi connectivity index (χ1n) is 4.01. The summed E-state index contributed by atoms with van der Waals surface area (Å²) in [5.41, 5.74) is 33.2. The SMILES string of the molecule is [N-]=[N+]=NC(CC(=O)O)C(N=[N+]=[N-])(N=[N+]=[N-])N=[N+]=[N-]. The molecule has 92 valence electrons. The molecule has 0 bridgehead atoms. The Labute approximate surface area is 97.3 Å². The number of nitrogens with zero attached hydrogens (tertiary/aromatic N) is 12. The topological polar surface area (TPSA) is 232 Å². The van der Waals surface area contributed by atoms with Gasteiger partial charge in [-0.05, 0) is 22.1 Å². The summed E-state index contributed by atoms with van der Waals surface area (Å²) in [6.07, 6.45) is -0.860. The average Bonchev–Trinajstić information content (AvgIpc) is 2.29. The minimum atomic E-state index is -2.52. The smallest absolute Gasteiger partial charge is 0.303 e. The van der Waals surface area contributed by atoms with Crippen LogP contribution >= 0.6 is 0 Å². The molecule has 0 spiro atoms. The second kappa shape index (κ2) is 7.06. The first-order valence-corrected chi connectivity index (χ1v) is 4.01. The van der Waals surface area contributed by atoms with Crippen LogP contribution < -0.4 is 0 Å². The van der Waals surface area contributed by atoms with Crippen molar-refractivity contribution in [3.63, 3.8) is 0 Å². The molecule has 14 heteroatoms. The second-order valence-corrected chi connectivity index (χ2v) is 2.57. The van der Waals surface area contributed by atoms with Crippen LogP contribution in [0.3, 0.4) is 0 Å². The predicted octanol–water partition coefficient (Wildman–Crippen LogP) is 2.72. The fourth-order valence-electron chi connectivity index (χ4n) is 0.940. The number of azide groups is 2. The summed E-state index contributed by atoms with van der Waals surface area (Å²) in [6, 6.07) is -1.69. The van der Waals surface area contributed by atoms with Crippen molar-refractivity contribution in [2.75, 3.05) is 0 Å². The largest absolute Gasteiger partial charge is 0.481 e. The highest BCUT2D eigenvalue weighted by Crippen LogP contribution is 2.27. The minimum absolute atomic E-state index is 0.860. The molecule has 14 nitrogen and oxygen atoms in total. The van der Waals surface area contributed by atoms with E-state index in [4.69, 9.17) is 27.2 Å². The third-order valence-electron chi connectivity index (χ3n) is 1.58. The van der Waals surface area contributed by atoms with Crippen LogP contribution in [0.2, 0.25) is 0 Å². The maximum atomic E-state index is 10.6. The van der Waals surface area contributed by atoms with Gasteiger partial charge < -0.3 is 5.11 Å². The van der Waals surface area contributed by atoms with Crippen LogP contribution in [0.4, 0.5) is 0 Å². The monoisotopic (exact) mass is 252 g/mol. The average molecular weight is 252 g/mol. The minimum Gasteiger partial charge on any atom is -0.481 e. The molecular weight excluding hydrogens is 248 g/mol. The van der Waals surface area contributed by atoms with E-state index in [0.29, 0.717) is 0 Å². The highest BCUT2D eigenvalue weighted by molar-refractivity contribution is 5.67. The normalized spacial score (nSPS) is 13.3. The van der Waals surface area contributed by atoms with E-state index in [-0.39, 0.29) is 0 Å². The van der Waals surface area contributed by atoms with Gasteiger partial charge in [0.15, 0.2) is 0 Å². The lowest BCUT2D eigenvalue weighted by molar-refractivity contribution is -0.137. The van der Waals surface area contributed by atoms with Crippen LogP contribution in [-0.2, 0) is 4.79 Å². The summed E-state index contributed by atoms with van der Waals surface area (Å²) in [6.45, 7) is 0. The molecule has 18 heavy (non-hydrogen) atoms. The van der Waals surface area contributed by atoms with E-state index in [1.807, 2.05) is 0 Å². The molecule has 1 N–H and O–H groups in total. The third kappa shape index (κ3) is 3.70. The molecule has 1 atom stereocenters. The number of carboxylic acids is 1. The van der Waals surface area contributed by atoms with E-state index in [0.717, 1.165) is 0 Å². The van der Waals surface area contributed by atoms with Gasteiger partial charge in [-0.25, -0.2) is 0 Å². The molecule has 0 amide bonds. The molecular formula is C4H4N12O2. The van der Waals surface area contributed by atoms with Crippen molar-refractivity contribution in [1.29, 1.82) is 0 Å². The molecule has 1 unspecified atom stereocenters. The van der Waals surface area contributed by atoms with Crippen LogP contribution in [0, 0.1) is 0 Å². The van der Waals surface area contributed by atoms with Crippen LogP contribution in [0.1, 0.15) is 6.42 Å². The van der Waals surface area contributed by atoms with Crippen molar-refractivity contribution in [3.05, 3.63) is 41.8 Å². The number of hydrogen-bond acceptors (Lipinski definition) is 5. The molecule has 0 saturated heterocycles. The number of carbonyl (C=O) groups is 1. The second-order valence-electron chi connectivity index (χ2n) is 2.57. The Bertz CT molecular complexity index is 467. The summed E-state index contributed by atoms with van der Waals surface area (Å²) in [4.78, 5) is 19.7. The van der Waals surface area contributed by atoms with Gasteiger partial charge in [0.1, 0.15) is 0 Å². The number of hydrogen-bond donors (Lipinski definition) is 1. The zero-order valence-electron chi connectivity index (χ0n) is 8.51. The van der Waals surface area contributed by atoms with E-state index in [9.17, 15) is 4.79 Å². The summed E-state index contributed by atoms with van der Waals surface area (Å²) in [5.74, 6) is -3.96. The lowest BCUT2D eigenvalue weighted by atomic mass is 10.1. The summed E-state index contributed by atoms with van der Waals surface area (Å²) in [5, 5.41) is 20.3. The lowest BCUT2D eigenvalue weighted by Crippen LogP contribution is -2.35. The van der Waals surface area contributed by atoms with Crippen LogP contribution in [0.15, 0.2) is 20.5 Å². The Hall–Kier alpha value is -3.29. The Morgan fingerprint density at radius 2 is 1.50 bits per heavy atom. The molecule has 0 radical (unpaired) electrons. The van der Waals surface area contributed by atoms with Crippen LogP contribution in [0.5, 0.6) is 0 Å². The van der Waals surface area contributed by atoms with Crippen molar-refractivity contribution >= 4 is 5.97 Å². The molecule has 0 fully saturated rings. The zero-order valence-corrected chi connectivity index (χ0v) is 8.51. The van der Waals surface area contributed by atoms with Crippen LogP contribution in [-0.4, -0.2) is 22.9 Å². The first-order chi connectivity index (χ1) is 8.56. The van der Waals surface area contributed by atoms with Gasteiger partial charge >= 0.3 is 5.97 Å². The van der Waals surface area contributed by atoms with E-state index in [2.05, 4.69) is 40.1 Å². The van der Waals surface area contributed by atoms with Gasteiger partial charge in [0.05, 0.1) is 12.5 Å². The zero-order chi connectivity index (χ0) is 14.0. The predicted molar refractivity (Wildman–Crippen MR) is 55.4 cm³/mol. The molecule has 0 aliphatic carbocycles. The van der Waals surface area contributed by atoms with Crippen LogP contribution in [0.25, 0.3) is 41.8 Å². The molecule has 0 heterocycles. The van der Waals surface area contributed by atoms with Gasteiger partial charge in [0.2, 0.25) is 5.79 Å². The first kappa shape index (κ1) is 14.7. The molecule has 0 aromatic carbocycles. The van der Waals surface area contributed by atoms with Gasteiger partial charge in [-0.1, -0.05) is 20.5 Å². The summed E-state index contributed by atoms with van der Waals surface area (Å²) < 4.78 is 0. The lowest BCUT2D eigenvalue weighted by Gasteiger charge is -2.22. The van der Waals surface area contributed by atoms with Crippen molar-refractivity contribution in [3.8, 4) is 0 Å². The molecule has 0 aliphatic rings. The van der Waals surface area contributed by atoms with Crippen molar-refractivity contribution < 1.29 is 9.90 Å². The van der Waals surface area contributed by atoms with Gasteiger partial charge in [-0.3, -0.25) is 4.79 Å². The Morgan fingerprint density at radius 1 is 1.06 bits per heavy atom. The highest BCUT2D eigenvalue weighted by Gasteiger charge is 2.38. The maximum absolute atomic E-state index is 10.6. The number of carboxylic acid groups (broad SMARTS) is 1. The number of aliphatic carboxylic acids is 1. The van der Waals surface area contributed by atoms with Crippen molar-refractivity contribution in [2.45, 2.75) is 18.2 Å². The molecule has 0 rings (SSSR count). The fraction of sp³-hybridized carbons (Fsp3) is 0.750. The summed E-state index contributed by atoms with van der Waals surface area (Å²) >= 11 is 0. The molecule has 0 aromatic heterocycles. The quantitative estimate of drug-likeness (QED) is 0.408. The van der Waals surface area contributed by atoms with Gasteiger partial charge in [0.25, 0.3) is 0 Å². The third-order valence-corrected chi connectivity index (χ3v) is 1.58. The van der Waals surface area contributed by atoms with E-state index in [1.54, 1.807) is 0 Å². The van der Waals surface area contributed by atoms with Gasteiger partial charge in [0, 0.05) is 19.6 Å². The van der Waals surface area contributed by atoms with E-state index < -0.39 is 24.2 Å². The Balaban J connectivity index is 5.95. The van der Waals surface area contributed by atoms with E-state index >= 15 is 0 Å². The maximum Gasteiger partial charge on any atom is 0.303 e. The fourth-order valence-corrected chi connectivity index (χ4v) is 0.940.